The summed E-state index contributed by atoms with van der Waals surface area (Å²) in [6.07, 6.45) is 3.14. The molecule has 78 valence electrons. The molecule has 0 aliphatic rings. The van der Waals surface area contributed by atoms with Crippen molar-refractivity contribution in [3.63, 3.8) is 0 Å². The van der Waals surface area contributed by atoms with Gasteiger partial charge in [0.05, 0.1) is 7.11 Å². The van der Waals surface area contributed by atoms with Gasteiger partial charge >= 0.3 is 0 Å². The summed E-state index contributed by atoms with van der Waals surface area (Å²) in [5.41, 5.74) is 6.63. The molecular formula is C11H16ClNO. The van der Waals surface area contributed by atoms with E-state index < -0.39 is 0 Å². The lowest BCUT2D eigenvalue weighted by atomic mass is 10.1. The normalized spacial score (nSPS) is 10.2. The summed E-state index contributed by atoms with van der Waals surface area (Å²) in [6.45, 7) is 0.746. The SMILES string of the molecule is COc1cc(Cl)ccc1CCCCN. The Kier molecular flexibility index (Phi) is 4.77. The largest absolute Gasteiger partial charge is 0.496 e. The molecule has 1 aromatic rings. The van der Waals surface area contributed by atoms with E-state index in [-0.39, 0.29) is 0 Å². The molecule has 2 nitrogen and oxygen atoms in total. The zero-order valence-electron chi connectivity index (χ0n) is 8.42. The van der Waals surface area contributed by atoms with Crippen molar-refractivity contribution in [2.75, 3.05) is 13.7 Å². The number of ether oxygens (including phenoxy) is 1. The maximum Gasteiger partial charge on any atom is 0.123 e. The predicted octanol–water partition coefficient (Wildman–Crippen LogP) is 2.63. The molecule has 3 heteroatoms. The Morgan fingerprint density at radius 2 is 2.14 bits per heavy atom. The van der Waals surface area contributed by atoms with E-state index in [0.717, 1.165) is 31.6 Å². The second-order valence-electron chi connectivity index (χ2n) is 3.20. The molecule has 0 aliphatic carbocycles. The van der Waals surface area contributed by atoms with Crippen LogP contribution < -0.4 is 10.5 Å². The Hall–Kier alpha value is -0.730. The van der Waals surface area contributed by atoms with Crippen LogP contribution in [-0.4, -0.2) is 13.7 Å². The molecule has 0 spiro atoms. The third-order valence-corrected chi connectivity index (χ3v) is 2.38. The van der Waals surface area contributed by atoms with Crippen molar-refractivity contribution >= 4 is 11.6 Å². The molecule has 0 unspecified atom stereocenters. The number of benzene rings is 1. The maximum atomic E-state index is 5.86. The van der Waals surface area contributed by atoms with Crippen molar-refractivity contribution in [2.24, 2.45) is 5.73 Å². The minimum absolute atomic E-state index is 0.712. The monoisotopic (exact) mass is 213 g/mol. The Morgan fingerprint density at radius 3 is 2.79 bits per heavy atom. The molecule has 2 N–H and O–H groups in total. The van der Waals surface area contributed by atoms with Gasteiger partial charge in [0.2, 0.25) is 0 Å². The molecule has 0 saturated carbocycles. The molecule has 0 bridgehead atoms. The summed E-state index contributed by atoms with van der Waals surface area (Å²) < 4.78 is 5.24. The van der Waals surface area contributed by atoms with Crippen LogP contribution in [0.25, 0.3) is 0 Å². The van der Waals surface area contributed by atoms with E-state index in [0.29, 0.717) is 5.02 Å². The van der Waals surface area contributed by atoms with Gasteiger partial charge < -0.3 is 10.5 Å². The molecule has 0 atom stereocenters. The fourth-order valence-electron chi connectivity index (χ4n) is 1.38. The summed E-state index contributed by atoms with van der Waals surface area (Å²) >= 11 is 5.86. The Balaban J connectivity index is 2.65. The van der Waals surface area contributed by atoms with Crippen LogP contribution in [0.5, 0.6) is 5.75 Å². The van der Waals surface area contributed by atoms with Gasteiger partial charge in [-0.3, -0.25) is 0 Å². The summed E-state index contributed by atoms with van der Waals surface area (Å²) in [7, 11) is 1.66. The van der Waals surface area contributed by atoms with E-state index >= 15 is 0 Å². The molecule has 14 heavy (non-hydrogen) atoms. The van der Waals surface area contributed by atoms with Crippen LogP contribution in [-0.2, 0) is 6.42 Å². The highest BCUT2D eigenvalue weighted by Gasteiger charge is 2.02. The van der Waals surface area contributed by atoms with Gasteiger partial charge in [0.1, 0.15) is 5.75 Å². The Morgan fingerprint density at radius 1 is 1.36 bits per heavy atom. The first-order valence-corrected chi connectivity index (χ1v) is 5.18. The lowest BCUT2D eigenvalue weighted by molar-refractivity contribution is 0.409. The average molecular weight is 214 g/mol. The number of methoxy groups -OCH3 is 1. The molecule has 0 saturated heterocycles. The lowest BCUT2D eigenvalue weighted by Crippen LogP contribution is -1.99. The molecule has 0 radical (unpaired) electrons. The van der Waals surface area contributed by atoms with Crippen molar-refractivity contribution in [2.45, 2.75) is 19.3 Å². The number of halogens is 1. The molecule has 0 heterocycles. The quantitative estimate of drug-likeness (QED) is 0.764. The van der Waals surface area contributed by atoms with E-state index in [9.17, 15) is 0 Å². The Bertz CT molecular complexity index is 289. The second-order valence-corrected chi connectivity index (χ2v) is 3.64. The van der Waals surface area contributed by atoms with Crippen molar-refractivity contribution in [3.05, 3.63) is 28.8 Å². The highest BCUT2D eigenvalue weighted by molar-refractivity contribution is 6.30. The van der Waals surface area contributed by atoms with Crippen LogP contribution >= 0.6 is 11.6 Å². The van der Waals surface area contributed by atoms with Crippen molar-refractivity contribution in [1.82, 2.24) is 0 Å². The molecule has 1 aromatic carbocycles. The van der Waals surface area contributed by atoms with Crippen LogP contribution in [0.3, 0.4) is 0 Å². The van der Waals surface area contributed by atoms with Crippen LogP contribution in [0.2, 0.25) is 5.02 Å². The van der Waals surface area contributed by atoms with Gasteiger partial charge in [-0.05, 0) is 43.5 Å². The summed E-state index contributed by atoms with van der Waals surface area (Å²) in [5, 5.41) is 0.712. The van der Waals surface area contributed by atoms with E-state index in [1.165, 1.54) is 5.56 Å². The lowest BCUT2D eigenvalue weighted by Gasteiger charge is -2.08. The van der Waals surface area contributed by atoms with E-state index in [4.69, 9.17) is 22.1 Å². The molecule has 0 fully saturated rings. The standard InChI is InChI=1S/C11H16ClNO/c1-14-11-8-10(12)6-5-9(11)4-2-3-7-13/h5-6,8H,2-4,7,13H2,1H3. The van der Waals surface area contributed by atoms with Crippen molar-refractivity contribution in [3.8, 4) is 5.75 Å². The summed E-state index contributed by atoms with van der Waals surface area (Å²) in [4.78, 5) is 0. The minimum atomic E-state index is 0.712. The first-order valence-electron chi connectivity index (χ1n) is 4.80. The van der Waals surface area contributed by atoms with Gasteiger partial charge in [0, 0.05) is 5.02 Å². The minimum Gasteiger partial charge on any atom is -0.496 e. The smallest absolute Gasteiger partial charge is 0.123 e. The highest BCUT2D eigenvalue weighted by atomic mass is 35.5. The van der Waals surface area contributed by atoms with Gasteiger partial charge in [-0.2, -0.15) is 0 Å². The molecule has 0 aliphatic heterocycles. The van der Waals surface area contributed by atoms with E-state index in [1.807, 2.05) is 18.2 Å². The van der Waals surface area contributed by atoms with Gasteiger partial charge in [-0.15, -0.1) is 0 Å². The van der Waals surface area contributed by atoms with Gasteiger partial charge in [0.25, 0.3) is 0 Å². The topological polar surface area (TPSA) is 35.2 Å². The number of unbranched alkanes of at least 4 members (excludes halogenated alkanes) is 1. The van der Waals surface area contributed by atoms with Crippen molar-refractivity contribution < 1.29 is 4.74 Å². The third-order valence-electron chi connectivity index (χ3n) is 2.15. The van der Waals surface area contributed by atoms with Crippen molar-refractivity contribution in [1.29, 1.82) is 0 Å². The highest BCUT2D eigenvalue weighted by Crippen LogP contribution is 2.24. The molecule has 0 amide bonds. The van der Waals surface area contributed by atoms with Crippen LogP contribution in [0.15, 0.2) is 18.2 Å². The number of nitrogens with two attached hydrogens (primary N) is 1. The predicted molar refractivity (Wildman–Crippen MR) is 60.0 cm³/mol. The van der Waals surface area contributed by atoms with Crippen LogP contribution in [0.1, 0.15) is 18.4 Å². The Labute approximate surface area is 90.0 Å². The molecule has 1 rings (SSSR count). The summed E-state index contributed by atoms with van der Waals surface area (Å²) in [6, 6.07) is 5.75. The fourth-order valence-corrected chi connectivity index (χ4v) is 1.55. The van der Waals surface area contributed by atoms with E-state index in [2.05, 4.69) is 0 Å². The number of rotatable bonds is 5. The van der Waals surface area contributed by atoms with Crippen LogP contribution in [0, 0.1) is 0 Å². The number of aryl methyl sites for hydroxylation is 1. The van der Waals surface area contributed by atoms with Crippen LogP contribution in [0.4, 0.5) is 0 Å². The first kappa shape index (κ1) is 11.3. The third kappa shape index (κ3) is 3.20. The molecule has 0 aromatic heterocycles. The van der Waals surface area contributed by atoms with E-state index in [1.54, 1.807) is 7.11 Å². The second kappa shape index (κ2) is 5.89. The zero-order valence-corrected chi connectivity index (χ0v) is 9.18. The number of hydrogen-bond donors (Lipinski definition) is 1. The first-order chi connectivity index (χ1) is 6.77. The van der Waals surface area contributed by atoms with Gasteiger partial charge in [0.15, 0.2) is 0 Å². The molecular weight excluding hydrogens is 198 g/mol. The fraction of sp³-hybridized carbons (Fsp3) is 0.455. The number of hydrogen-bond acceptors (Lipinski definition) is 2. The zero-order chi connectivity index (χ0) is 10.4. The van der Waals surface area contributed by atoms with Gasteiger partial charge in [-0.1, -0.05) is 17.7 Å². The summed E-state index contributed by atoms with van der Waals surface area (Å²) in [5.74, 6) is 0.870. The maximum absolute atomic E-state index is 5.86. The van der Waals surface area contributed by atoms with Gasteiger partial charge in [-0.25, -0.2) is 0 Å². The average Bonchev–Trinajstić information content (AvgIpc) is 2.20.